The number of carbonyl (C=O) groups excluding carboxylic acids is 2. The summed E-state index contributed by atoms with van der Waals surface area (Å²) in [6.45, 7) is 11.5. The first-order valence-electron chi connectivity index (χ1n) is 11.4. The van der Waals surface area contributed by atoms with Crippen LogP contribution in [0.5, 0.6) is 0 Å². The average molecular weight is 465 g/mol. The van der Waals surface area contributed by atoms with Crippen molar-refractivity contribution >= 4 is 35.3 Å². The topological polar surface area (TPSA) is 58.6 Å². The Bertz CT molecular complexity index is 1070. The normalized spacial score (nSPS) is 19.2. The van der Waals surface area contributed by atoms with Crippen LogP contribution in [0.4, 0.5) is 5.69 Å². The molecule has 174 valence electrons. The van der Waals surface area contributed by atoms with Crippen molar-refractivity contribution in [3.8, 4) is 0 Å². The zero-order valence-electron chi connectivity index (χ0n) is 19.8. The van der Waals surface area contributed by atoms with Gasteiger partial charge in [-0.2, -0.15) is 0 Å². The minimum Gasteiger partial charge on any atom is -0.378 e. The van der Waals surface area contributed by atoms with Crippen LogP contribution in [0.1, 0.15) is 55.6 Å². The van der Waals surface area contributed by atoms with Crippen LogP contribution < -0.4 is 5.32 Å². The van der Waals surface area contributed by atoms with E-state index in [4.69, 9.17) is 4.74 Å². The number of ether oxygens (including phenoxy) is 1. The van der Waals surface area contributed by atoms with Crippen molar-refractivity contribution in [2.45, 2.75) is 49.2 Å². The van der Waals surface area contributed by atoms with E-state index in [0.717, 1.165) is 17.7 Å². The smallest absolute Gasteiger partial charge is 0.254 e. The number of hydrogen-bond donors (Lipinski definition) is 1. The van der Waals surface area contributed by atoms with Gasteiger partial charge in [-0.3, -0.25) is 9.59 Å². The minimum absolute atomic E-state index is 0.0171. The predicted octanol–water partition coefficient (Wildman–Crippen LogP) is 5.36. The van der Waals surface area contributed by atoms with Crippen molar-refractivity contribution in [1.29, 1.82) is 0 Å². The summed E-state index contributed by atoms with van der Waals surface area (Å²) in [5.74, 6) is -0.159. The van der Waals surface area contributed by atoms with Crippen molar-refractivity contribution in [2.75, 3.05) is 31.6 Å². The molecule has 1 N–H and O–H groups in total. The number of amides is 2. The largest absolute Gasteiger partial charge is 0.378 e. The van der Waals surface area contributed by atoms with Crippen molar-refractivity contribution in [2.24, 2.45) is 0 Å². The molecule has 0 spiro atoms. The minimum atomic E-state index is -0.176. The summed E-state index contributed by atoms with van der Waals surface area (Å²) in [5, 5.41) is 2.99. The second-order valence-electron chi connectivity index (χ2n) is 9.98. The van der Waals surface area contributed by atoms with E-state index in [9.17, 15) is 9.59 Å². The molecule has 0 unspecified atom stereocenters. The standard InChI is InChI=1S/C27H32N2O3S/c1-26(2)18-27(3,4)33-23-11-10-21(17-22(23)26)28-24(30)12-7-19-5-8-20(9-6-19)25(31)29-13-15-32-16-14-29/h5-12,17H,13-16,18H2,1-4H3,(H,28,30)/b12-7+. The van der Waals surface area contributed by atoms with E-state index in [1.165, 1.54) is 16.5 Å². The second kappa shape index (κ2) is 9.35. The molecule has 6 heteroatoms. The average Bonchev–Trinajstić information content (AvgIpc) is 2.77. The third-order valence-corrected chi connectivity index (χ3v) is 7.39. The van der Waals surface area contributed by atoms with Gasteiger partial charge in [0.25, 0.3) is 5.91 Å². The summed E-state index contributed by atoms with van der Waals surface area (Å²) in [5.41, 5.74) is 3.67. The Hall–Kier alpha value is -2.57. The van der Waals surface area contributed by atoms with Gasteiger partial charge in [0, 0.05) is 40.1 Å². The van der Waals surface area contributed by atoms with E-state index in [2.05, 4.69) is 45.1 Å². The van der Waals surface area contributed by atoms with Gasteiger partial charge in [0.1, 0.15) is 0 Å². The third kappa shape index (κ3) is 5.68. The molecule has 33 heavy (non-hydrogen) atoms. The maximum absolute atomic E-state index is 12.6. The highest BCUT2D eigenvalue weighted by Crippen LogP contribution is 2.51. The molecular weight excluding hydrogens is 432 g/mol. The molecule has 0 bridgehead atoms. The number of benzene rings is 2. The molecule has 0 aromatic heterocycles. The zero-order valence-corrected chi connectivity index (χ0v) is 20.6. The lowest BCUT2D eigenvalue weighted by molar-refractivity contribution is -0.111. The van der Waals surface area contributed by atoms with Gasteiger partial charge in [0.15, 0.2) is 0 Å². The van der Waals surface area contributed by atoms with Gasteiger partial charge in [0.2, 0.25) is 5.91 Å². The Morgan fingerprint density at radius 3 is 2.42 bits per heavy atom. The molecule has 2 heterocycles. The molecule has 1 fully saturated rings. The third-order valence-electron chi connectivity index (χ3n) is 6.11. The molecule has 5 nitrogen and oxygen atoms in total. The van der Waals surface area contributed by atoms with E-state index in [1.807, 2.05) is 30.0 Å². The Morgan fingerprint density at radius 2 is 1.73 bits per heavy atom. The highest BCUT2D eigenvalue weighted by Gasteiger charge is 2.38. The lowest BCUT2D eigenvalue weighted by Crippen LogP contribution is -2.40. The number of anilines is 1. The number of rotatable bonds is 4. The van der Waals surface area contributed by atoms with E-state index in [1.54, 1.807) is 23.1 Å². The van der Waals surface area contributed by atoms with Crippen LogP contribution in [0.2, 0.25) is 0 Å². The van der Waals surface area contributed by atoms with E-state index in [0.29, 0.717) is 31.9 Å². The molecule has 4 rings (SSSR count). The molecule has 1 saturated heterocycles. The monoisotopic (exact) mass is 464 g/mol. The van der Waals surface area contributed by atoms with Gasteiger partial charge in [0.05, 0.1) is 13.2 Å². The fourth-order valence-corrected chi connectivity index (χ4v) is 6.37. The Morgan fingerprint density at radius 1 is 1.03 bits per heavy atom. The summed E-state index contributed by atoms with van der Waals surface area (Å²) < 4.78 is 5.51. The molecule has 2 amide bonds. The Kier molecular flexibility index (Phi) is 6.68. The van der Waals surface area contributed by atoms with Crippen molar-refractivity contribution in [3.63, 3.8) is 0 Å². The summed E-state index contributed by atoms with van der Waals surface area (Å²) in [7, 11) is 0. The first-order valence-corrected chi connectivity index (χ1v) is 12.2. The first-order chi connectivity index (χ1) is 15.6. The van der Waals surface area contributed by atoms with E-state index in [-0.39, 0.29) is 22.0 Å². The van der Waals surface area contributed by atoms with E-state index >= 15 is 0 Å². The van der Waals surface area contributed by atoms with Crippen LogP contribution in [0, 0.1) is 0 Å². The molecular formula is C27H32N2O3S. The van der Waals surface area contributed by atoms with Gasteiger partial charge in [-0.1, -0.05) is 39.8 Å². The highest BCUT2D eigenvalue weighted by molar-refractivity contribution is 8.00. The maximum Gasteiger partial charge on any atom is 0.254 e. The highest BCUT2D eigenvalue weighted by atomic mass is 32.2. The van der Waals surface area contributed by atoms with Crippen LogP contribution in [-0.2, 0) is 14.9 Å². The molecule has 0 atom stereocenters. The summed E-state index contributed by atoms with van der Waals surface area (Å²) in [6.07, 6.45) is 4.37. The molecule has 0 aliphatic carbocycles. The number of nitrogens with one attached hydrogen (secondary N) is 1. The lowest BCUT2D eigenvalue weighted by Gasteiger charge is -2.41. The van der Waals surface area contributed by atoms with Gasteiger partial charge in [-0.25, -0.2) is 0 Å². The molecule has 2 aromatic carbocycles. The van der Waals surface area contributed by atoms with Gasteiger partial charge in [-0.15, -0.1) is 11.8 Å². The van der Waals surface area contributed by atoms with Gasteiger partial charge < -0.3 is 15.0 Å². The van der Waals surface area contributed by atoms with E-state index < -0.39 is 0 Å². The maximum atomic E-state index is 12.6. The predicted molar refractivity (Wildman–Crippen MR) is 135 cm³/mol. The lowest BCUT2D eigenvalue weighted by atomic mass is 9.77. The second-order valence-corrected chi connectivity index (χ2v) is 11.7. The molecule has 2 aromatic rings. The SMILES string of the molecule is CC1(C)CC(C)(C)c2cc(NC(=O)/C=C/c3ccc(C(=O)N4CCOCC4)cc3)ccc2S1. The molecule has 0 radical (unpaired) electrons. The number of carbonyl (C=O) groups is 2. The zero-order chi connectivity index (χ0) is 23.6. The van der Waals surface area contributed by atoms with Crippen molar-refractivity contribution in [1.82, 2.24) is 4.90 Å². The fourth-order valence-electron chi connectivity index (χ4n) is 4.76. The van der Waals surface area contributed by atoms with Crippen LogP contribution in [0.25, 0.3) is 6.08 Å². The molecule has 2 aliphatic rings. The molecule has 0 saturated carbocycles. The number of hydrogen-bond acceptors (Lipinski definition) is 4. The van der Waals surface area contributed by atoms with Crippen LogP contribution in [-0.4, -0.2) is 47.8 Å². The Labute approximate surface area is 200 Å². The quantitative estimate of drug-likeness (QED) is 0.619. The number of nitrogens with zero attached hydrogens (tertiary/aromatic N) is 1. The van der Waals surface area contributed by atoms with Crippen molar-refractivity contribution in [3.05, 3.63) is 65.2 Å². The summed E-state index contributed by atoms with van der Waals surface area (Å²) in [4.78, 5) is 28.2. The fraction of sp³-hybridized carbons (Fsp3) is 0.407. The van der Waals surface area contributed by atoms with Gasteiger partial charge >= 0.3 is 0 Å². The van der Waals surface area contributed by atoms with Crippen LogP contribution in [0.15, 0.2) is 53.4 Å². The summed E-state index contributed by atoms with van der Waals surface area (Å²) in [6, 6.07) is 13.5. The number of thioether (sulfide) groups is 1. The van der Waals surface area contributed by atoms with Crippen molar-refractivity contribution < 1.29 is 14.3 Å². The first kappa shape index (κ1) is 23.6. The number of morpholine rings is 1. The van der Waals surface area contributed by atoms with Gasteiger partial charge in [-0.05, 0) is 59.4 Å². The number of fused-ring (bicyclic) bond motifs is 1. The van der Waals surface area contributed by atoms with Crippen LogP contribution in [0.3, 0.4) is 0 Å². The summed E-state index contributed by atoms with van der Waals surface area (Å²) >= 11 is 1.90. The molecule has 2 aliphatic heterocycles. The van der Waals surface area contributed by atoms with Crippen LogP contribution >= 0.6 is 11.8 Å². The Balaban J connectivity index is 1.39.